The molecular weight excluding hydrogens is 398 g/mol. The molecule has 6 heteroatoms. The molecule has 2 aromatic heterocycles. The molecule has 2 amide bonds. The number of aromatic nitrogens is 2. The molecule has 1 aliphatic rings. The van der Waals surface area contributed by atoms with Gasteiger partial charge in [0.1, 0.15) is 5.65 Å². The van der Waals surface area contributed by atoms with E-state index in [1.54, 1.807) is 0 Å². The van der Waals surface area contributed by atoms with Crippen LogP contribution in [-0.2, 0) is 19.4 Å². The molecule has 1 aliphatic heterocycles. The number of carbonyl (C=O) groups excluding carboxylic acids is 1. The van der Waals surface area contributed by atoms with E-state index >= 15 is 0 Å². The number of aryl methyl sites for hydroxylation is 1. The zero-order chi connectivity index (χ0) is 21.9. The molecule has 0 aliphatic carbocycles. The molecule has 162 valence electrons. The molecule has 32 heavy (non-hydrogen) atoms. The van der Waals surface area contributed by atoms with Gasteiger partial charge in [0.2, 0.25) is 0 Å². The number of benzene rings is 2. The Morgan fingerprint density at radius 3 is 2.81 bits per heavy atom. The number of para-hydroxylation sites is 2. The smallest absolute Gasteiger partial charge is 0.319 e. The molecule has 0 radical (unpaired) electrons. The van der Waals surface area contributed by atoms with E-state index in [4.69, 9.17) is 0 Å². The number of pyridine rings is 1. The lowest BCUT2D eigenvalue weighted by atomic mass is 10.1. The van der Waals surface area contributed by atoms with Gasteiger partial charge in [0.25, 0.3) is 0 Å². The maximum absolute atomic E-state index is 12.6. The molecule has 2 N–H and O–H groups in total. The molecule has 3 heterocycles. The van der Waals surface area contributed by atoms with Crippen LogP contribution in [0.5, 0.6) is 0 Å². The normalized spacial score (nSPS) is 12.7. The first kappa shape index (κ1) is 20.1. The summed E-state index contributed by atoms with van der Waals surface area (Å²) < 4.78 is 2.03. The highest BCUT2D eigenvalue weighted by atomic mass is 16.2. The van der Waals surface area contributed by atoms with E-state index in [1.165, 1.54) is 11.3 Å². The maximum atomic E-state index is 12.6. The van der Waals surface area contributed by atoms with Crippen molar-refractivity contribution in [1.82, 2.24) is 14.7 Å². The van der Waals surface area contributed by atoms with E-state index in [-0.39, 0.29) is 6.03 Å². The Kier molecular flexibility index (Phi) is 5.50. The Morgan fingerprint density at radius 1 is 1.06 bits per heavy atom. The van der Waals surface area contributed by atoms with E-state index in [0.29, 0.717) is 13.0 Å². The molecule has 0 fully saturated rings. The van der Waals surface area contributed by atoms with Crippen molar-refractivity contribution in [1.29, 1.82) is 0 Å². The number of urea groups is 1. The average Bonchev–Trinajstić information content (AvgIpc) is 3.40. The van der Waals surface area contributed by atoms with Gasteiger partial charge in [-0.3, -0.25) is 0 Å². The van der Waals surface area contributed by atoms with Crippen molar-refractivity contribution >= 4 is 23.1 Å². The van der Waals surface area contributed by atoms with Crippen molar-refractivity contribution in [3.8, 4) is 0 Å². The fraction of sp³-hybridized carbons (Fsp3) is 0.231. The summed E-state index contributed by atoms with van der Waals surface area (Å²) in [6.07, 6.45) is 5.76. The van der Waals surface area contributed by atoms with Gasteiger partial charge in [-0.1, -0.05) is 42.5 Å². The number of hydrogen-bond donors (Lipinski definition) is 2. The van der Waals surface area contributed by atoms with Crippen LogP contribution in [0.15, 0.2) is 73.1 Å². The average molecular weight is 426 g/mol. The molecule has 0 unspecified atom stereocenters. The Morgan fingerprint density at radius 2 is 1.91 bits per heavy atom. The van der Waals surface area contributed by atoms with Crippen molar-refractivity contribution in [2.75, 3.05) is 23.3 Å². The lowest BCUT2D eigenvalue weighted by Crippen LogP contribution is -2.31. The zero-order valence-electron chi connectivity index (χ0n) is 18.2. The second kappa shape index (κ2) is 8.75. The minimum Gasteiger partial charge on any atom is -0.367 e. The van der Waals surface area contributed by atoms with Gasteiger partial charge in [0, 0.05) is 49.8 Å². The number of carbonyl (C=O) groups is 1. The third kappa shape index (κ3) is 4.17. The van der Waals surface area contributed by atoms with Crippen LogP contribution in [-0.4, -0.2) is 28.5 Å². The van der Waals surface area contributed by atoms with Gasteiger partial charge in [0.05, 0.1) is 5.69 Å². The standard InChI is InChI=1S/C26H27N5O/c1-19-7-6-15-31-18-22(28-25(19)31)12-14-27-26(32)29-23-10-4-2-9-21(23)17-30-16-13-20-8-3-5-11-24(20)30/h2-11,15,18H,12-14,16-17H2,1H3,(H2,27,29,32). The highest BCUT2D eigenvalue weighted by molar-refractivity contribution is 5.90. The quantitative estimate of drug-likeness (QED) is 0.476. The minimum atomic E-state index is -0.195. The molecule has 0 bridgehead atoms. The predicted octanol–water partition coefficient (Wildman–Crippen LogP) is 4.57. The summed E-state index contributed by atoms with van der Waals surface area (Å²) in [7, 11) is 0. The van der Waals surface area contributed by atoms with Crippen molar-refractivity contribution in [2.24, 2.45) is 0 Å². The third-order valence-electron chi connectivity index (χ3n) is 6.00. The van der Waals surface area contributed by atoms with Crippen LogP contribution in [0.3, 0.4) is 0 Å². The summed E-state index contributed by atoms with van der Waals surface area (Å²) in [5.74, 6) is 0. The van der Waals surface area contributed by atoms with E-state index in [2.05, 4.69) is 63.8 Å². The maximum Gasteiger partial charge on any atom is 0.319 e. The number of rotatable bonds is 6. The summed E-state index contributed by atoms with van der Waals surface area (Å²) in [5.41, 5.74) is 7.69. The molecule has 2 aromatic carbocycles. The Labute approximate surface area is 187 Å². The first-order valence-electron chi connectivity index (χ1n) is 11.1. The summed E-state index contributed by atoms with van der Waals surface area (Å²) in [6.45, 7) is 4.35. The summed E-state index contributed by atoms with van der Waals surface area (Å²) in [5, 5.41) is 5.99. The molecule has 0 saturated heterocycles. The number of anilines is 2. The van der Waals surface area contributed by atoms with Gasteiger partial charge in [-0.25, -0.2) is 9.78 Å². The number of nitrogens with zero attached hydrogens (tertiary/aromatic N) is 3. The van der Waals surface area contributed by atoms with E-state index in [9.17, 15) is 4.79 Å². The number of nitrogens with one attached hydrogen (secondary N) is 2. The largest absolute Gasteiger partial charge is 0.367 e. The Bertz CT molecular complexity index is 1260. The van der Waals surface area contributed by atoms with E-state index in [0.717, 1.165) is 47.7 Å². The SMILES string of the molecule is Cc1cccn2cc(CCNC(=O)Nc3ccccc3CN3CCc4ccccc43)nc12. The molecule has 5 rings (SSSR count). The molecule has 0 saturated carbocycles. The van der Waals surface area contributed by atoms with Gasteiger partial charge in [-0.2, -0.15) is 0 Å². The van der Waals surface area contributed by atoms with Crippen LogP contribution in [0.2, 0.25) is 0 Å². The van der Waals surface area contributed by atoms with E-state index in [1.807, 2.05) is 41.1 Å². The summed E-state index contributed by atoms with van der Waals surface area (Å²) in [6, 6.07) is 20.4. The molecule has 0 spiro atoms. The highest BCUT2D eigenvalue weighted by Crippen LogP contribution is 2.30. The highest BCUT2D eigenvalue weighted by Gasteiger charge is 2.19. The topological polar surface area (TPSA) is 61.7 Å². The monoisotopic (exact) mass is 425 g/mol. The second-order valence-electron chi connectivity index (χ2n) is 8.24. The van der Waals surface area contributed by atoms with Gasteiger partial charge < -0.3 is 19.9 Å². The summed E-state index contributed by atoms with van der Waals surface area (Å²) >= 11 is 0. The predicted molar refractivity (Wildman–Crippen MR) is 128 cm³/mol. The Balaban J connectivity index is 1.19. The fourth-order valence-corrected chi connectivity index (χ4v) is 4.35. The second-order valence-corrected chi connectivity index (χ2v) is 8.24. The molecule has 6 nitrogen and oxygen atoms in total. The number of hydrogen-bond acceptors (Lipinski definition) is 3. The van der Waals surface area contributed by atoms with Crippen molar-refractivity contribution < 1.29 is 4.79 Å². The van der Waals surface area contributed by atoms with Crippen LogP contribution >= 0.6 is 0 Å². The van der Waals surface area contributed by atoms with Crippen molar-refractivity contribution in [3.63, 3.8) is 0 Å². The molecule has 0 atom stereocenters. The van der Waals surface area contributed by atoms with Crippen molar-refractivity contribution in [2.45, 2.75) is 26.3 Å². The Hall–Kier alpha value is -3.80. The molecular formula is C26H27N5O. The van der Waals surface area contributed by atoms with Crippen LogP contribution in [0.25, 0.3) is 5.65 Å². The lowest BCUT2D eigenvalue weighted by molar-refractivity contribution is 0.252. The number of imidazole rings is 1. The van der Waals surface area contributed by atoms with Gasteiger partial charge in [-0.15, -0.1) is 0 Å². The van der Waals surface area contributed by atoms with Crippen LogP contribution in [0.1, 0.15) is 22.4 Å². The number of fused-ring (bicyclic) bond motifs is 2. The fourth-order valence-electron chi connectivity index (χ4n) is 4.35. The van der Waals surface area contributed by atoms with Crippen LogP contribution in [0, 0.1) is 6.92 Å². The van der Waals surface area contributed by atoms with E-state index < -0.39 is 0 Å². The summed E-state index contributed by atoms with van der Waals surface area (Å²) in [4.78, 5) is 19.6. The third-order valence-corrected chi connectivity index (χ3v) is 6.00. The minimum absolute atomic E-state index is 0.195. The first-order chi connectivity index (χ1) is 15.7. The lowest BCUT2D eigenvalue weighted by Gasteiger charge is -2.21. The zero-order valence-corrected chi connectivity index (χ0v) is 18.2. The first-order valence-corrected chi connectivity index (χ1v) is 11.1. The van der Waals surface area contributed by atoms with Gasteiger partial charge in [0.15, 0.2) is 0 Å². The van der Waals surface area contributed by atoms with Gasteiger partial charge >= 0.3 is 6.03 Å². The number of amides is 2. The van der Waals surface area contributed by atoms with Gasteiger partial charge in [-0.05, 0) is 48.2 Å². The molecule has 4 aromatic rings. The van der Waals surface area contributed by atoms with Crippen LogP contribution < -0.4 is 15.5 Å². The van der Waals surface area contributed by atoms with Crippen molar-refractivity contribution in [3.05, 3.63) is 95.4 Å². The van der Waals surface area contributed by atoms with Crippen LogP contribution in [0.4, 0.5) is 16.2 Å².